The molecular weight excluding hydrogens is 390 g/mol. The first-order chi connectivity index (χ1) is 15.2. The lowest BCUT2D eigenvalue weighted by atomic mass is 9.98. The largest absolute Gasteiger partial charge is 0.456 e. The van der Waals surface area contributed by atoms with E-state index < -0.39 is 12.1 Å². The van der Waals surface area contributed by atoms with Gasteiger partial charge in [0.1, 0.15) is 18.9 Å². The Balaban J connectivity index is 1.36. The Morgan fingerprint density at radius 3 is 2.03 bits per heavy atom. The summed E-state index contributed by atoms with van der Waals surface area (Å²) in [5, 5.41) is 2.50. The van der Waals surface area contributed by atoms with E-state index in [0.29, 0.717) is 0 Å². The molecule has 0 aromatic heterocycles. The number of hydrogen-bond donors (Lipinski definition) is 1. The zero-order chi connectivity index (χ0) is 21.6. The molecule has 156 valence electrons. The highest BCUT2D eigenvalue weighted by Crippen LogP contribution is 2.44. The van der Waals surface area contributed by atoms with E-state index in [4.69, 9.17) is 9.47 Å². The van der Waals surface area contributed by atoms with Gasteiger partial charge in [-0.05, 0) is 34.7 Å². The first kappa shape index (κ1) is 20.4. The molecule has 1 amide bonds. The van der Waals surface area contributed by atoms with Crippen molar-refractivity contribution in [1.29, 1.82) is 0 Å². The van der Waals surface area contributed by atoms with Crippen molar-refractivity contribution in [3.8, 4) is 11.1 Å². The maximum Gasteiger partial charge on any atom is 0.411 e. The van der Waals surface area contributed by atoms with Crippen LogP contribution in [0.25, 0.3) is 11.1 Å². The molecular formula is C26H23NO4. The number of allylic oxidation sites excluding steroid dienone is 1. The van der Waals surface area contributed by atoms with Crippen molar-refractivity contribution >= 4 is 12.1 Å². The number of nitrogens with one attached hydrogen (secondary N) is 1. The van der Waals surface area contributed by atoms with Gasteiger partial charge < -0.3 is 9.47 Å². The average Bonchev–Trinajstić information content (AvgIpc) is 3.14. The molecule has 0 heterocycles. The van der Waals surface area contributed by atoms with Crippen LogP contribution in [0.3, 0.4) is 0 Å². The molecule has 5 nitrogen and oxygen atoms in total. The molecule has 0 radical (unpaired) electrons. The fraction of sp³-hybridized carbons (Fsp3) is 0.154. The summed E-state index contributed by atoms with van der Waals surface area (Å²) >= 11 is 0. The van der Waals surface area contributed by atoms with Gasteiger partial charge in [-0.2, -0.15) is 0 Å². The Kier molecular flexibility index (Phi) is 6.13. The third-order valence-corrected chi connectivity index (χ3v) is 5.30. The number of rotatable bonds is 6. The van der Waals surface area contributed by atoms with Gasteiger partial charge in [-0.15, -0.1) is 0 Å². The van der Waals surface area contributed by atoms with Crippen LogP contribution in [0.4, 0.5) is 4.79 Å². The van der Waals surface area contributed by atoms with Gasteiger partial charge in [0, 0.05) is 5.92 Å². The SMILES string of the molecule is C/C=C(\NC(=O)OCC1c2ccccc2-c2ccccc21)C(=O)OCc1ccccc1. The number of amides is 1. The van der Waals surface area contributed by atoms with E-state index in [1.807, 2.05) is 54.6 Å². The first-order valence-electron chi connectivity index (χ1n) is 10.2. The predicted octanol–water partition coefficient (Wildman–Crippen LogP) is 5.17. The third kappa shape index (κ3) is 4.51. The van der Waals surface area contributed by atoms with E-state index in [1.54, 1.807) is 6.92 Å². The van der Waals surface area contributed by atoms with Gasteiger partial charge in [-0.25, -0.2) is 9.59 Å². The number of esters is 1. The molecule has 0 saturated carbocycles. The molecule has 0 saturated heterocycles. The van der Waals surface area contributed by atoms with Crippen molar-refractivity contribution in [2.45, 2.75) is 19.4 Å². The van der Waals surface area contributed by atoms with Crippen LogP contribution in [-0.4, -0.2) is 18.7 Å². The Labute approximate surface area is 181 Å². The Bertz CT molecular complexity index is 1080. The lowest BCUT2D eigenvalue weighted by Gasteiger charge is -2.15. The van der Waals surface area contributed by atoms with Gasteiger partial charge in [0.05, 0.1) is 0 Å². The van der Waals surface area contributed by atoms with Crippen LogP contribution in [0.1, 0.15) is 29.5 Å². The minimum Gasteiger partial charge on any atom is -0.456 e. The molecule has 4 rings (SSSR count). The zero-order valence-corrected chi connectivity index (χ0v) is 17.2. The minimum atomic E-state index is -0.688. The van der Waals surface area contributed by atoms with Crippen LogP contribution in [0.5, 0.6) is 0 Å². The summed E-state index contributed by atoms with van der Waals surface area (Å²) in [5.74, 6) is -0.655. The van der Waals surface area contributed by atoms with Crippen molar-refractivity contribution in [3.05, 3.63) is 107 Å². The van der Waals surface area contributed by atoms with Gasteiger partial charge in [-0.3, -0.25) is 5.32 Å². The van der Waals surface area contributed by atoms with Gasteiger partial charge in [0.2, 0.25) is 0 Å². The van der Waals surface area contributed by atoms with Crippen molar-refractivity contribution in [1.82, 2.24) is 5.32 Å². The van der Waals surface area contributed by atoms with Gasteiger partial charge >= 0.3 is 12.1 Å². The van der Waals surface area contributed by atoms with Crippen molar-refractivity contribution in [3.63, 3.8) is 0 Å². The maximum atomic E-state index is 12.4. The zero-order valence-electron chi connectivity index (χ0n) is 17.2. The number of carbonyl (C=O) groups is 2. The molecule has 1 aliphatic carbocycles. The van der Waals surface area contributed by atoms with Gasteiger partial charge in [0.25, 0.3) is 0 Å². The van der Waals surface area contributed by atoms with Crippen molar-refractivity contribution in [2.75, 3.05) is 6.61 Å². The van der Waals surface area contributed by atoms with Gasteiger partial charge in [0.15, 0.2) is 0 Å². The van der Waals surface area contributed by atoms with Crippen LogP contribution in [0.2, 0.25) is 0 Å². The Hall–Kier alpha value is -3.86. The summed E-state index contributed by atoms with van der Waals surface area (Å²) in [5.41, 5.74) is 5.49. The number of fused-ring (bicyclic) bond motifs is 3. The number of ether oxygens (including phenoxy) is 2. The third-order valence-electron chi connectivity index (χ3n) is 5.30. The van der Waals surface area contributed by atoms with E-state index in [-0.39, 0.29) is 24.8 Å². The smallest absolute Gasteiger partial charge is 0.411 e. The van der Waals surface area contributed by atoms with Crippen molar-refractivity contribution in [2.24, 2.45) is 0 Å². The standard InChI is InChI=1S/C26H23NO4/c1-2-24(25(28)30-16-18-10-4-3-5-11-18)27-26(29)31-17-23-21-14-8-6-12-19(21)20-13-7-9-15-22(20)23/h2-15,23H,16-17H2,1H3,(H,27,29)/b24-2-. The fourth-order valence-corrected chi connectivity index (χ4v) is 3.79. The van der Waals surface area contributed by atoms with Crippen LogP contribution in [0, 0.1) is 0 Å². The highest BCUT2D eigenvalue weighted by atomic mass is 16.6. The van der Waals surface area contributed by atoms with E-state index in [1.165, 1.54) is 6.08 Å². The molecule has 3 aromatic carbocycles. The molecule has 0 aliphatic heterocycles. The summed E-state index contributed by atoms with van der Waals surface area (Å²) in [4.78, 5) is 24.7. The highest BCUT2D eigenvalue weighted by Gasteiger charge is 2.29. The second kappa shape index (κ2) is 9.30. The highest BCUT2D eigenvalue weighted by molar-refractivity contribution is 5.92. The van der Waals surface area contributed by atoms with Crippen LogP contribution >= 0.6 is 0 Å². The van der Waals surface area contributed by atoms with E-state index in [2.05, 4.69) is 29.6 Å². The molecule has 0 bridgehead atoms. The maximum absolute atomic E-state index is 12.4. The molecule has 5 heteroatoms. The van der Waals surface area contributed by atoms with Crippen LogP contribution in [-0.2, 0) is 20.9 Å². The topological polar surface area (TPSA) is 64.6 Å². The number of benzene rings is 3. The monoisotopic (exact) mass is 413 g/mol. The lowest BCUT2D eigenvalue weighted by Crippen LogP contribution is -2.30. The molecule has 0 atom stereocenters. The summed E-state index contributed by atoms with van der Waals surface area (Å²) in [6.07, 6.45) is 0.806. The van der Waals surface area contributed by atoms with E-state index in [0.717, 1.165) is 27.8 Å². The lowest BCUT2D eigenvalue weighted by molar-refractivity contribution is -0.140. The van der Waals surface area contributed by atoms with E-state index in [9.17, 15) is 9.59 Å². The average molecular weight is 413 g/mol. The van der Waals surface area contributed by atoms with E-state index >= 15 is 0 Å². The number of carbonyl (C=O) groups excluding carboxylic acids is 2. The molecule has 3 aromatic rings. The van der Waals surface area contributed by atoms with Gasteiger partial charge in [-0.1, -0.05) is 84.9 Å². The Morgan fingerprint density at radius 1 is 0.839 bits per heavy atom. The summed E-state index contributed by atoms with van der Waals surface area (Å²) < 4.78 is 10.8. The number of hydrogen-bond acceptors (Lipinski definition) is 4. The molecule has 0 spiro atoms. The molecule has 31 heavy (non-hydrogen) atoms. The molecule has 1 aliphatic rings. The second-order valence-corrected chi connectivity index (χ2v) is 7.21. The quantitative estimate of drug-likeness (QED) is 0.447. The van der Waals surface area contributed by atoms with Crippen molar-refractivity contribution < 1.29 is 19.1 Å². The fourth-order valence-electron chi connectivity index (χ4n) is 3.79. The molecule has 1 N–H and O–H groups in total. The normalized spacial score (nSPS) is 12.6. The second-order valence-electron chi connectivity index (χ2n) is 7.21. The Morgan fingerprint density at radius 2 is 1.42 bits per heavy atom. The summed E-state index contributed by atoms with van der Waals surface area (Å²) in [6, 6.07) is 25.6. The molecule has 0 unspecified atom stereocenters. The van der Waals surface area contributed by atoms with Crippen LogP contribution in [0.15, 0.2) is 90.6 Å². The number of alkyl carbamates (subject to hydrolysis) is 1. The predicted molar refractivity (Wildman–Crippen MR) is 118 cm³/mol. The molecule has 0 fully saturated rings. The summed E-state index contributed by atoms with van der Waals surface area (Å²) in [6.45, 7) is 1.96. The minimum absolute atomic E-state index is 0.0442. The van der Waals surface area contributed by atoms with Crippen LogP contribution < -0.4 is 5.32 Å². The summed E-state index contributed by atoms with van der Waals surface area (Å²) in [7, 11) is 0. The first-order valence-corrected chi connectivity index (χ1v) is 10.2.